The second-order valence-electron chi connectivity index (χ2n) is 7.33. The molecule has 0 aliphatic carbocycles. The third-order valence-electron chi connectivity index (χ3n) is 5.23. The fourth-order valence-corrected chi connectivity index (χ4v) is 3.65. The van der Waals surface area contributed by atoms with Gasteiger partial charge in [-0.15, -0.1) is 0 Å². The molecule has 1 aliphatic heterocycles. The molecule has 2 aromatic carbocycles. The van der Waals surface area contributed by atoms with E-state index >= 15 is 0 Å². The van der Waals surface area contributed by atoms with Gasteiger partial charge in [0.2, 0.25) is 5.78 Å². The molecule has 0 aromatic heterocycles. The minimum Gasteiger partial charge on any atom is -0.383 e. The van der Waals surface area contributed by atoms with Crippen LogP contribution in [0.1, 0.15) is 47.3 Å². The molecular formula is C23H25NO4. The van der Waals surface area contributed by atoms with E-state index in [2.05, 4.69) is 13.8 Å². The smallest absolute Gasteiger partial charge is 0.291 e. The lowest BCUT2D eigenvalue weighted by atomic mass is 9.85. The van der Waals surface area contributed by atoms with Crippen LogP contribution < -0.4 is 0 Å². The molecule has 5 heteroatoms. The molecule has 0 bridgehead atoms. The first kappa shape index (κ1) is 20.0. The molecule has 3 rings (SSSR count). The van der Waals surface area contributed by atoms with Crippen molar-refractivity contribution in [2.24, 2.45) is 5.92 Å². The van der Waals surface area contributed by atoms with Gasteiger partial charge in [0.1, 0.15) is 5.92 Å². The molecule has 146 valence electrons. The summed E-state index contributed by atoms with van der Waals surface area (Å²) in [5, 5.41) is 0. The Balaban J connectivity index is 2.03. The summed E-state index contributed by atoms with van der Waals surface area (Å²) in [5.74, 6) is -2.27. The molecule has 1 fully saturated rings. The fourth-order valence-electron chi connectivity index (χ4n) is 3.65. The summed E-state index contributed by atoms with van der Waals surface area (Å²) in [6.07, 6.45) is 0. The number of nitrogens with zero attached hydrogens (tertiary/aromatic N) is 1. The third-order valence-corrected chi connectivity index (χ3v) is 5.23. The average molecular weight is 379 g/mol. The highest BCUT2D eigenvalue weighted by Crippen LogP contribution is 2.38. The zero-order valence-electron chi connectivity index (χ0n) is 16.4. The van der Waals surface area contributed by atoms with Crippen LogP contribution >= 0.6 is 0 Å². The van der Waals surface area contributed by atoms with E-state index in [0.717, 1.165) is 11.1 Å². The van der Waals surface area contributed by atoms with Crippen molar-refractivity contribution >= 4 is 17.5 Å². The molecule has 2 aromatic rings. The Labute approximate surface area is 165 Å². The molecule has 2 unspecified atom stereocenters. The maximum Gasteiger partial charge on any atom is 0.291 e. The van der Waals surface area contributed by atoms with Crippen molar-refractivity contribution in [2.45, 2.75) is 25.8 Å². The van der Waals surface area contributed by atoms with Gasteiger partial charge in [0.05, 0.1) is 12.6 Å². The van der Waals surface area contributed by atoms with Crippen LogP contribution in [0, 0.1) is 5.92 Å². The van der Waals surface area contributed by atoms with Gasteiger partial charge in [0.25, 0.3) is 5.91 Å². The van der Waals surface area contributed by atoms with Gasteiger partial charge in [-0.3, -0.25) is 14.4 Å². The van der Waals surface area contributed by atoms with E-state index in [1.54, 1.807) is 31.4 Å². The summed E-state index contributed by atoms with van der Waals surface area (Å²) < 4.78 is 5.11. The van der Waals surface area contributed by atoms with E-state index in [-0.39, 0.29) is 12.3 Å². The lowest BCUT2D eigenvalue weighted by Gasteiger charge is -2.27. The highest BCUT2D eigenvalue weighted by molar-refractivity contribution is 6.44. The molecule has 0 saturated carbocycles. The number of Topliss-reactive ketones (excluding diaryl/α,β-unsaturated/α-hetero) is 2. The topological polar surface area (TPSA) is 63.7 Å². The van der Waals surface area contributed by atoms with Gasteiger partial charge >= 0.3 is 0 Å². The van der Waals surface area contributed by atoms with Crippen LogP contribution in [-0.4, -0.2) is 42.6 Å². The van der Waals surface area contributed by atoms with Crippen LogP contribution in [0.15, 0.2) is 54.6 Å². The van der Waals surface area contributed by atoms with E-state index in [0.29, 0.717) is 18.1 Å². The van der Waals surface area contributed by atoms with Gasteiger partial charge in [0, 0.05) is 19.2 Å². The summed E-state index contributed by atoms with van der Waals surface area (Å²) in [5.41, 5.74) is 2.38. The Kier molecular flexibility index (Phi) is 6.05. The summed E-state index contributed by atoms with van der Waals surface area (Å²) in [4.78, 5) is 40.1. The van der Waals surface area contributed by atoms with Crippen LogP contribution in [0.5, 0.6) is 0 Å². The van der Waals surface area contributed by atoms with Gasteiger partial charge in [0.15, 0.2) is 5.78 Å². The Hall–Kier alpha value is -2.79. The molecule has 5 nitrogen and oxygen atoms in total. The monoisotopic (exact) mass is 379 g/mol. The fraction of sp³-hybridized carbons (Fsp3) is 0.348. The first-order valence-corrected chi connectivity index (χ1v) is 9.48. The van der Waals surface area contributed by atoms with Crippen LogP contribution in [0.4, 0.5) is 0 Å². The third kappa shape index (κ3) is 3.76. The first-order chi connectivity index (χ1) is 13.5. The quantitative estimate of drug-likeness (QED) is 0.420. The minimum absolute atomic E-state index is 0.260. The average Bonchev–Trinajstić information content (AvgIpc) is 2.97. The number of ketones is 2. The maximum absolute atomic E-state index is 13.2. The highest BCUT2D eigenvalue weighted by Gasteiger charge is 2.51. The van der Waals surface area contributed by atoms with E-state index in [1.165, 1.54) is 4.90 Å². The van der Waals surface area contributed by atoms with Crippen molar-refractivity contribution in [1.29, 1.82) is 0 Å². The molecule has 2 atom stereocenters. The number of hydrogen-bond acceptors (Lipinski definition) is 4. The van der Waals surface area contributed by atoms with Gasteiger partial charge in [-0.05, 0) is 17.0 Å². The predicted octanol–water partition coefficient (Wildman–Crippen LogP) is 3.41. The van der Waals surface area contributed by atoms with Crippen LogP contribution in [0.3, 0.4) is 0 Å². The van der Waals surface area contributed by atoms with E-state index in [4.69, 9.17) is 4.74 Å². The lowest BCUT2D eigenvalue weighted by Crippen LogP contribution is -2.33. The Morgan fingerprint density at radius 3 is 2.25 bits per heavy atom. The molecule has 0 spiro atoms. The first-order valence-electron chi connectivity index (χ1n) is 9.48. The van der Waals surface area contributed by atoms with E-state index in [1.807, 2.05) is 30.3 Å². The van der Waals surface area contributed by atoms with Crippen LogP contribution in [0.25, 0.3) is 0 Å². The normalized spacial score (nSPS) is 19.5. The second-order valence-corrected chi connectivity index (χ2v) is 7.33. The molecule has 1 heterocycles. The van der Waals surface area contributed by atoms with Crippen molar-refractivity contribution < 1.29 is 19.1 Å². The summed E-state index contributed by atoms with van der Waals surface area (Å²) in [6, 6.07) is 15.9. The Morgan fingerprint density at radius 1 is 1.04 bits per heavy atom. The predicted molar refractivity (Wildman–Crippen MR) is 106 cm³/mol. The standard InChI is InChI=1S/C23H25NO4/c1-15(2)16-9-11-17(12-10-16)20-19(21(25)18-7-5-4-6-8-18)22(26)23(27)24(20)13-14-28-3/h4-12,15,19-20H,13-14H2,1-3H3. The van der Waals surface area contributed by atoms with E-state index < -0.39 is 23.7 Å². The lowest BCUT2D eigenvalue weighted by molar-refractivity contribution is -0.141. The molecule has 0 radical (unpaired) electrons. The second kappa shape index (κ2) is 8.48. The largest absolute Gasteiger partial charge is 0.383 e. The molecule has 28 heavy (non-hydrogen) atoms. The summed E-state index contributed by atoms with van der Waals surface area (Å²) in [6.45, 7) is 4.76. The number of carbonyl (C=O) groups is 3. The highest BCUT2D eigenvalue weighted by atomic mass is 16.5. The summed E-state index contributed by atoms with van der Waals surface area (Å²) in [7, 11) is 1.54. The molecule has 1 amide bonds. The molecular weight excluding hydrogens is 354 g/mol. The van der Waals surface area contributed by atoms with Crippen molar-refractivity contribution in [3.8, 4) is 0 Å². The van der Waals surface area contributed by atoms with Crippen LogP contribution in [0.2, 0.25) is 0 Å². The summed E-state index contributed by atoms with van der Waals surface area (Å²) >= 11 is 0. The van der Waals surface area contributed by atoms with Gasteiger partial charge in [-0.2, -0.15) is 0 Å². The van der Waals surface area contributed by atoms with Gasteiger partial charge in [-0.1, -0.05) is 68.4 Å². The zero-order valence-corrected chi connectivity index (χ0v) is 16.4. The number of likely N-dealkylation sites (tertiary alicyclic amines) is 1. The Morgan fingerprint density at radius 2 is 1.68 bits per heavy atom. The number of ether oxygens (including phenoxy) is 1. The van der Waals surface area contributed by atoms with Crippen molar-refractivity contribution in [2.75, 3.05) is 20.3 Å². The number of hydrogen-bond donors (Lipinski definition) is 0. The van der Waals surface area contributed by atoms with Crippen LogP contribution in [-0.2, 0) is 14.3 Å². The number of rotatable bonds is 7. The maximum atomic E-state index is 13.2. The molecule has 1 aliphatic rings. The molecule has 1 saturated heterocycles. The van der Waals surface area contributed by atoms with Gasteiger partial charge < -0.3 is 9.64 Å². The van der Waals surface area contributed by atoms with Crippen molar-refractivity contribution in [3.63, 3.8) is 0 Å². The number of methoxy groups -OCH3 is 1. The number of amides is 1. The van der Waals surface area contributed by atoms with Crippen molar-refractivity contribution in [1.82, 2.24) is 4.90 Å². The minimum atomic E-state index is -1.04. The number of carbonyl (C=O) groups excluding carboxylic acids is 3. The SMILES string of the molecule is COCCN1C(=O)C(=O)C(C(=O)c2ccccc2)C1c1ccc(C(C)C)cc1. The molecule has 0 N–H and O–H groups in total. The Bertz CT molecular complexity index is 858. The number of benzene rings is 2. The zero-order chi connectivity index (χ0) is 20.3. The van der Waals surface area contributed by atoms with Crippen molar-refractivity contribution in [3.05, 3.63) is 71.3 Å². The van der Waals surface area contributed by atoms with E-state index in [9.17, 15) is 14.4 Å². The van der Waals surface area contributed by atoms with Gasteiger partial charge in [-0.25, -0.2) is 0 Å².